The molecule has 1 aliphatic heterocycles. The normalized spacial score (nSPS) is 33.9. The van der Waals surface area contributed by atoms with Crippen molar-refractivity contribution < 1.29 is 19.5 Å². The van der Waals surface area contributed by atoms with E-state index in [0.717, 1.165) is 11.4 Å². The highest BCUT2D eigenvalue weighted by atomic mass is 16.2. The van der Waals surface area contributed by atoms with Gasteiger partial charge in [-0.1, -0.05) is 12.2 Å². The van der Waals surface area contributed by atoms with Crippen molar-refractivity contribution >= 4 is 18.2 Å². The summed E-state index contributed by atoms with van der Waals surface area (Å²) in [4.78, 5) is 33.8. The standard InChI is InChI=1S/C12H11N3O4/c16-5-9-10(18)14-15(11(9)19)8-1-2-12(13-6-17)4-7(12)3-8/h1-3,5-7,16H,4H2,(H,13,17)(H,14,18)/b9-5-. The van der Waals surface area contributed by atoms with Gasteiger partial charge in [-0.15, -0.1) is 0 Å². The Hall–Kier alpha value is -2.57. The van der Waals surface area contributed by atoms with Crippen molar-refractivity contribution in [3.05, 3.63) is 35.8 Å². The first-order chi connectivity index (χ1) is 9.11. The van der Waals surface area contributed by atoms with E-state index < -0.39 is 11.8 Å². The number of allylic oxidation sites excluding steroid dienone is 1. The molecule has 98 valence electrons. The molecule has 2 fully saturated rings. The van der Waals surface area contributed by atoms with E-state index in [-0.39, 0.29) is 17.0 Å². The second kappa shape index (κ2) is 3.71. The van der Waals surface area contributed by atoms with E-state index in [2.05, 4.69) is 10.7 Å². The Morgan fingerprint density at radius 1 is 1.53 bits per heavy atom. The molecular formula is C12H11N3O4. The van der Waals surface area contributed by atoms with E-state index in [1.54, 1.807) is 6.08 Å². The topological polar surface area (TPSA) is 98.7 Å². The lowest BCUT2D eigenvalue weighted by Crippen LogP contribution is -2.37. The molecule has 3 N–H and O–H groups in total. The van der Waals surface area contributed by atoms with Crippen LogP contribution in [0.15, 0.2) is 35.8 Å². The molecule has 7 heteroatoms. The fourth-order valence-corrected chi connectivity index (χ4v) is 2.40. The molecule has 0 bridgehead atoms. The number of aliphatic hydroxyl groups is 1. The van der Waals surface area contributed by atoms with Crippen LogP contribution in [-0.4, -0.2) is 33.9 Å². The molecule has 0 spiro atoms. The predicted octanol–water partition coefficient (Wildman–Crippen LogP) is -0.740. The molecule has 1 heterocycles. The summed E-state index contributed by atoms with van der Waals surface area (Å²) in [6.45, 7) is 0. The average Bonchev–Trinajstić information content (AvgIpc) is 3.02. The highest BCUT2D eigenvalue weighted by molar-refractivity contribution is 6.22. The van der Waals surface area contributed by atoms with Gasteiger partial charge < -0.3 is 10.4 Å². The van der Waals surface area contributed by atoms with Crippen LogP contribution in [0.5, 0.6) is 0 Å². The molecule has 3 rings (SSSR count). The average molecular weight is 261 g/mol. The number of hydrazine groups is 1. The van der Waals surface area contributed by atoms with E-state index in [9.17, 15) is 14.4 Å². The number of rotatable bonds is 3. The van der Waals surface area contributed by atoms with Gasteiger partial charge in [-0.2, -0.15) is 0 Å². The van der Waals surface area contributed by atoms with Crippen molar-refractivity contribution in [1.82, 2.24) is 15.8 Å². The summed E-state index contributed by atoms with van der Waals surface area (Å²) < 4.78 is 0. The van der Waals surface area contributed by atoms with Gasteiger partial charge in [0.15, 0.2) is 0 Å². The summed E-state index contributed by atoms with van der Waals surface area (Å²) in [5.74, 6) is -1.12. The fourth-order valence-electron chi connectivity index (χ4n) is 2.40. The van der Waals surface area contributed by atoms with Crippen LogP contribution in [0.3, 0.4) is 0 Å². The first-order valence-electron chi connectivity index (χ1n) is 5.73. The fraction of sp³-hybridized carbons (Fsp3) is 0.250. The zero-order valence-electron chi connectivity index (χ0n) is 9.79. The van der Waals surface area contributed by atoms with Gasteiger partial charge in [0.05, 0.1) is 17.5 Å². The summed E-state index contributed by atoms with van der Waals surface area (Å²) in [7, 11) is 0. The van der Waals surface area contributed by atoms with Gasteiger partial charge in [0.2, 0.25) is 6.41 Å². The lowest BCUT2D eigenvalue weighted by Gasteiger charge is -2.21. The minimum absolute atomic E-state index is 0.115. The molecule has 3 amide bonds. The molecule has 2 atom stereocenters. The third kappa shape index (κ3) is 1.55. The first-order valence-corrected chi connectivity index (χ1v) is 5.73. The molecule has 19 heavy (non-hydrogen) atoms. The molecule has 2 aliphatic carbocycles. The van der Waals surface area contributed by atoms with Crippen LogP contribution in [0.2, 0.25) is 0 Å². The third-order valence-corrected chi connectivity index (χ3v) is 3.59. The second-order valence-corrected chi connectivity index (χ2v) is 4.66. The highest BCUT2D eigenvalue weighted by Crippen LogP contribution is 2.48. The highest BCUT2D eigenvalue weighted by Gasteiger charge is 2.53. The molecule has 1 saturated heterocycles. The number of carbonyl (C=O) groups is 3. The molecule has 0 aromatic carbocycles. The first kappa shape index (κ1) is 11.5. The summed E-state index contributed by atoms with van der Waals surface area (Å²) in [6.07, 6.45) is 7.21. The Balaban J connectivity index is 1.82. The number of hydrogen-bond donors (Lipinski definition) is 3. The van der Waals surface area contributed by atoms with Crippen LogP contribution < -0.4 is 10.7 Å². The minimum atomic E-state index is -0.638. The van der Waals surface area contributed by atoms with Crippen molar-refractivity contribution in [3.63, 3.8) is 0 Å². The monoisotopic (exact) mass is 261 g/mol. The van der Waals surface area contributed by atoms with Gasteiger partial charge in [0.25, 0.3) is 11.8 Å². The number of fused-ring (bicyclic) bond motifs is 1. The molecular weight excluding hydrogens is 250 g/mol. The second-order valence-electron chi connectivity index (χ2n) is 4.66. The SMILES string of the molecule is O=CNC12C=CC(N3NC(=O)/C(=C/O)C3=O)=CC1C2. The summed E-state index contributed by atoms with van der Waals surface area (Å²) in [5, 5.41) is 12.7. The predicted molar refractivity (Wildman–Crippen MR) is 63.0 cm³/mol. The number of amides is 3. The number of hydrogen-bond acceptors (Lipinski definition) is 4. The number of nitrogens with one attached hydrogen (secondary N) is 2. The van der Waals surface area contributed by atoms with Crippen molar-refractivity contribution in [2.75, 3.05) is 0 Å². The van der Waals surface area contributed by atoms with Crippen LogP contribution in [0.25, 0.3) is 0 Å². The third-order valence-electron chi connectivity index (χ3n) is 3.59. The maximum absolute atomic E-state index is 11.8. The summed E-state index contributed by atoms with van der Waals surface area (Å²) in [5.41, 5.74) is 2.26. The van der Waals surface area contributed by atoms with E-state index >= 15 is 0 Å². The molecule has 2 unspecified atom stereocenters. The van der Waals surface area contributed by atoms with Gasteiger partial charge in [-0.25, -0.2) is 5.01 Å². The zero-order valence-corrected chi connectivity index (χ0v) is 9.79. The number of aliphatic hydroxyl groups excluding tert-OH is 1. The maximum Gasteiger partial charge on any atom is 0.285 e. The van der Waals surface area contributed by atoms with E-state index in [4.69, 9.17) is 5.11 Å². The van der Waals surface area contributed by atoms with Crippen molar-refractivity contribution in [1.29, 1.82) is 0 Å². The Morgan fingerprint density at radius 3 is 2.89 bits per heavy atom. The molecule has 3 aliphatic rings. The summed E-state index contributed by atoms with van der Waals surface area (Å²) in [6, 6.07) is 0. The lowest BCUT2D eigenvalue weighted by molar-refractivity contribution is -0.125. The van der Waals surface area contributed by atoms with Crippen molar-refractivity contribution in [2.45, 2.75) is 12.0 Å². The van der Waals surface area contributed by atoms with Crippen LogP contribution in [0.1, 0.15) is 6.42 Å². The van der Waals surface area contributed by atoms with Crippen molar-refractivity contribution in [3.8, 4) is 0 Å². The van der Waals surface area contributed by atoms with Gasteiger partial charge >= 0.3 is 0 Å². The Morgan fingerprint density at radius 2 is 2.32 bits per heavy atom. The Labute approximate surface area is 108 Å². The quantitative estimate of drug-likeness (QED) is 0.270. The maximum atomic E-state index is 11.8. The van der Waals surface area contributed by atoms with Gasteiger partial charge in [-0.05, 0) is 12.5 Å². The van der Waals surface area contributed by atoms with Crippen molar-refractivity contribution in [2.24, 2.45) is 5.92 Å². The van der Waals surface area contributed by atoms with Gasteiger partial charge in [-0.3, -0.25) is 19.8 Å². The van der Waals surface area contributed by atoms with Crippen LogP contribution in [0, 0.1) is 5.92 Å². The minimum Gasteiger partial charge on any atom is -0.515 e. The molecule has 1 saturated carbocycles. The van der Waals surface area contributed by atoms with Gasteiger partial charge in [0.1, 0.15) is 5.57 Å². The van der Waals surface area contributed by atoms with E-state index in [1.165, 1.54) is 0 Å². The Bertz CT molecular complexity index is 578. The van der Waals surface area contributed by atoms with E-state index in [1.807, 2.05) is 12.2 Å². The smallest absolute Gasteiger partial charge is 0.285 e. The molecule has 0 aromatic rings. The van der Waals surface area contributed by atoms with Gasteiger partial charge in [0, 0.05) is 5.92 Å². The largest absolute Gasteiger partial charge is 0.515 e. The van der Waals surface area contributed by atoms with E-state index in [0.29, 0.717) is 18.4 Å². The number of carbonyl (C=O) groups excluding carboxylic acids is 3. The zero-order chi connectivity index (χ0) is 13.6. The molecule has 0 aromatic heterocycles. The number of nitrogens with zero attached hydrogens (tertiary/aromatic N) is 1. The van der Waals surface area contributed by atoms with Crippen LogP contribution >= 0.6 is 0 Å². The Kier molecular flexibility index (Phi) is 2.25. The molecule has 0 radical (unpaired) electrons. The van der Waals surface area contributed by atoms with Crippen LogP contribution in [-0.2, 0) is 14.4 Å². The van der Waals surface area contributed by atoms with Crippen LogP contribution in [0.4, 0.5) is 0 Å². The lowest BCUT2D eigenvalue weighted by atomic mass is 10.1. The molecule has 7 nitrogen and oxygen atoms in total. The summed E-state index contributed by atoms with van der Waals surface area (Å²) >= 11 is 0.